The van der Waals surface area contributed by atoms with Gasteiger partial charge in [-0.05, 0) is 86.6 Å². The summed E-state index contributed by atoms with van der Waals surface area (Å²) in [6.07, 6.45) is 8.83. The van der Waals surface area contributed by atoms with Crippen LogP contribution in [0.25, 0.3) is 22.0 Å². The van der Waals surface area contributed by atoms with Gasteiger partial charge in [0.05, 0.1) is 5.69 Å². The third kappa shape index (κ3) is 5.16. The number of nitrogens with zero attached hydrogens (tertiary/aromatic N) is 3. The fourth-order valence-electron chi connectivity index (χ4n) is 6.08. The number of piperidine rings is 1. The number of aromatic nitrogens is 2. The van der Waals surface area contributed by atoms with Crippen LogP contribution < -0.4 is 0 Å². The van der Waals surface area contributed by atoms with Gasteiger partial charge in [-0.3, -0.25) is 9.88 Å². The number of pyridine rings is 1. The molecule has 0 bridgehead atoms. The highest BCUT2D eigenvalue weighted by molar-refractivity contribution is 6.00. The minimum absolute atomic E-state index is 0.493. The van der Waals surface area contributed by atoms with Crippen LogP contribution >= 0.6 is 0 Å². The predicted molar refractivity (Wildman–Crippen MR) is 162 cm³/mol. The Morgan fingerprint density at radius 3 is 2.34 bits per heavy atom. The van der Waals surface area contributed by atoms with Crippen LogP contribution in [0.2, 0.25) is 0 Å². The van der Waals surface area contributed by atoms with Gasteiger partial charge < -0.3 is 4.57 Å². The molecule has 194 valence electrons. The van der Waals surface area contributed by atoms with E-state index in [4.69, 9.17) is 0 Å². The van der Waals surface area contributed by atoms with Crippen molar-refractivity contribution in [3.05, 3.63) is 125 Å². The second-order valence-electron chi connectivity index (χ2n) is 10.6. The lowest BCUT2D eigenvalue weighted by Gasteiger charge is -2.33. The van der Waals surface area contributed by atoms with Gasteiger partial charge in [-0.1, -0.05) is 66.8 Å². The third-order valence-corrected chi connectivity index (χ3v) is 8.00. The molecule has 3 heteroatoms. The normalized spacial score (nSPS) is 16.1. The van der Waals surface area contributed by atoms with Gasteiger partial charge in [0.15, 0.2) is 0 Å². The molecule has 0 amide bonds. The molecule has 0 unspecified atom stereocenters. The van der Waals surface area contributed by atoms with Crippen molar-refractivity contribution in [3.63, 3.8) is 0 Å². The first kappa shape index (κ1) is 25.9. The highest BCUT2D eigenvalue weighted by atomic mass is 15.2. The van der Waals surface area contributed by atoms with Crippen molar-refractivity contribution < 1.29 is 0 Å². The molecule has 2 aromatic heterocycles. The van der Waals surface area contributed by atoms with E-state index in [-0.39, 0.29) is 0 Å². The lowest BCUT2D eigenvalue weighted by Crippen LogP contribution is -2.34. The van der Waals surface area contributed by atoms with E-state index in [1.54, 1.807) is 0 Å². The summed E-state index contributed by atoms with van der Waals surface area (Å²) in [5, 5.41) is 1.32. The zero-order valence-corrected chi connectivity index (χ0v) is 23.2. The minimum Gasteiger partial charge on any atom is -0.344 e. The maximum atomic E-state index is 4.53. The Bertz CT molecular complexity index is 1490. The van der Waals surface area contributed by atoms with Crippen LogP contribution in [-0.4, -0.2) is 27.5 Å². The van der Waals surface area contributed by atoms with Crippen molar-refractivity contribution in [1.29, 1.82) is 0 Å². The molecule has 38 heavy (non-hydrogen) atoms. The monoisotopic (exact) mass is 501 g/mol. The first-order chi connectivity index (χ1) is 18.5. The molecule has 1 saturated heterocycles. The van der Waals surface area contributed by atoms with Gasteiger partial charge in [-0.2, -0.15) is 0 Å². The Morgan fingerprint density at radius 2 is 1.66 bits per heavy atom. The summed E-state index contributed by atoms with van der Waals surface area (Å²) in [6, 6.07) is 24.2. The fraction of sp³-hybridized carbons (Fsp3) is 0.286. The molecule has 0 saturated carbocycles. The number of hydrogen-bond acceptors (Lipinski definition) is 2. The summed E-state index contributed by atoms with van der Waals surface area (Å²) in [6.45, 7) is 16.3. The quantitative estimate of drug-likeness (QED) is 0.236. The van der Waals surface area contributed by atoms with Crippen LogP contribution in [0.3, 0.4) is 0 Å². The summed E-state index contributed by atoms with van der Waals surface area (Å²) in [7, 11) is 0. The second kappa shape index (κ2) is 11.4. The highest BCUT2D eigenvalue weighted by Gasteiger charge is 2.24. The number of hydrogen-bond donors (Lipinski definition) is 0. The van der Waals surface area contributed by atoms with Crippen molar-refractivity contribution in [2.45, 2.75) is 53.1 Å². The Kier molecular flexibility index (Phi) is 7.76. The molecule has 0 radical (unpaired) electrons. The van der Waals surface area contributed by atoms with Crippen LogP contribution in [-0.2, 0) is 6.54 Å². The van der Waals surface area contributed by atoms with Crippen molar-refractivity contribution in [3.8, 4) is 0 Å². The first-order valence-corrected chi connectivity index (χ1v) is 13.8. The lowest BCUT2D eigenvalue weighted by atomic mass is 9.86. The number of allylic oxidation sites excluding steroid dienone is 5. The molecule has 3 heterocycles. The van der Waals surface area contributed by atoms with Crippen LogP contribution in [0, 0.1) is 6.92 Å². The first-order valence-electron chi connectivity index (χ1n) is 13.8. The smallest absolute Gasteiger partial charge is 0.0543 e. The van der Waals surface area contributed by atoms with Crippen molar-refractivity contribution in [2.24, 2.45) is 0 Å². The summed E-state index contributed by atoms with van der Waals surface area (Å²) in [4.78, 5) is 7.07. The molecule has 0 aliphatic carbocycles. The molecule has 0 spiro atoms. The van der Waals surface area contributed by atoms with E-state index in [1.807, 2.05) is 12.3 Å². The topological polar surface area (TPSA) is 21.1 Å². The zero-order chi connectivity index (χ0) is 26.6. The van der Waals surface area contributed by atoms with E-state index in [2.05, 4.69) is 122 Å². The van der Waals surface area contributed by atoms with Gasteiger partial charge in [0.25, 0.3) is 0 Å². The number of rotatable bonds is 7. The van der Waals surface area contributed by atoms with Crippen LogP contribution in [0.4, 0.5) is 0 Å². The van der Waals surface area contributed by atoms with E-state index in [0.29, 0.717) is 6.04 Å². The van der Waals surface area contributed by atoms with Gasteiger partial charge >= 0.3 is 0 Å². The third-order valence-electron chi connectivity index (χ3n) is 8.00. The Morgan fingerprint density at radius 1 is 0.947 bits per heavy atom. The van der Waals surface area contributed by atoms with E-state index in [1.165, 1.54) is 44.3 Å². The largest absolute Gasteiger partial charge is 0.344 e. The number of fused-ring (bicyclic) bond motifs is 1. The molecule has 2 aromatic carbocycles. The Labute approximate surface area is 227 Å². The van der Waals surface area contributed by atoms with Crippen LogP contribution in [0.15, 0.2) is 103 Å². The fourth-order valence-corrected chi connectivity index (χ4v) is 6.08. The van der Waals surface area contributed by atoms with Gasteiger partial charge in [-0.15, -0.1) is 0 Å². The standard InChI is InChI=1S/C35H39N3/c1-6-30(31-15-8-7-13-26(31)4)35(25(2)3)27(5)33-24-38(34-17-10-9-16-32(33)34)29-18-21-37(22-19-29)23-28-14-11-12-20-36-28/h6-17,20,24,29H,2,18-19,21-23H2,1,3-5H3/b30-6+,35-27-. The van der Waals surface area contributed by atoms with E-state index >= 15 is 0 Å². The zero-order valence-electron chi connectivity index (χ0n) is 23.2. The van der Waals surface area contributed by atoms with Crippen molar-refractivity contribution in [1.82, 2.24) is 14.5 Å². The molecular formula is C35H39N3. The van der Waals surface area contributed by atoms with Gasteiger partial charge in [-0.25, -0.2) is 0 Å². The molecule has 1 fully saturated rings. The molecule has 4 aromatic rings. The van der Waals surface area contributed by atoms with Gasteiger partial charge in [0, 0.05) is 54.5 Å². The van der Waals surface area contributed by atoms with Crippen molar-refractivity contribution in [2.75, 3.05) is 13.1 Å². The average Bonchev–Trinajstić information content (AvgIpc) is 3.32. The number of para-hydroxylation sites is 1. The Balaban J connectivity index is 1.50. The number of aryl methyl sites for hydroxylation is 1. The minimum atomic E-state index is 0.493. The summed E-state index contributed by atoms with van der Waals surface area (Å²) in [5.74, 6) is 0. The average molecular weight is 502 g/mol. The van der Waals surface area contributed by atoms with Crippen LogP contribution in [0.5, 0.6) is 0 Å². The number of benzene rings is 2. The number of likely N-dealkylation sites (tertiary alicyclic amines) is 1. The SMILES string of the molecule is C=C(C)C(=C(\C)c1cn(C2CCN(Cc3ccccn3)CC2)c2ccccc12)/C(=C/C)c1ccccc1C. The summed E-state index contributed by atoms with van der Waals surface area (Å²) >= 11 is 0. The molecule has 3 nitrogen and oxygen atoms in total. The maximum Gasteiger partial charge on any atom is 0.0543 e. The van der Waals surface area contributed by atoms with E-state index in [9.17, 15) is 0 Å². The molecule has 0 atom stereocenters. The van der Waals surface area contributed by atoms with Crippen LogP contribution in [0.1, 0.15) is 62.0 Å². The molecule has 1 aliphatic rings. The molecule has 1 aliphatic heterocycles. The van der Waals surface area contributed by atoms with Gasteiger partial charge in [0.2, 0.25) is 0 Å². The summed E-state index contributed by atoms with van der Waals surface area (Å²) in [5.41, 5.74) is 11.2. The van der Waals surface area contributed by atoms with Crippen molar-refractivity contribution >= 4 is 22.0 Å². The lowest BCUT2D eigenvalue weighted by molar-refractivity contribution is 0.180. The predicted octanol–water partition coefficient (Wildman–Crippen LogP) is 8.63. The van der Waals surface area contributed by atoms with E-state index in [0.717, 1.165) is 43.7 Å². The molecule has 0 N–H and O–H groups in total. The van der Waals surface area contributed by atoms with E-state index < -0.39 is 0 Å². The summed E-state index contributed by atoms with van der Waals surface area (Å²) < 4.78 is 2.55. The highest BCUT2D eigenvalue weighted by Crippen LogP contribution is 2.39. The maximum absolute atomic E-state index is 4.53. The molecule has 5 rings (SSSR count). The molecular weight excluding hydrogens is 462 g/mol. The Hall–Kier alpha value is -3.69. The second-order valence-corrected chi connectivity index (χ2v) is 10.6. The van der Waals surface area contributed by atoms with Gasteiger partial charge in [0.1, 0.15) is 0 Å².